The number of allylic oxidation sites excluding steroid dienone is 1. The average Bonchev–Trinajstić information content (AvgIpc) is 2.52. The molecule has 0 aromatic carbocycles. The fourth-order valence-corrected chi connectivity index (χ4v) is 21.3. The van der Waals surface area contributed by atoms with Gasteiger partial charge in [0.1, 0.15) is 11.6 Å². The van der Waals surface area contributed by atoms with Crippen LogP contribution in [0.4, 0.5) is 35.1 Å². The largest absolute Gasteiger partial charge is 0.466 e. The topological polar surface area (TPSA) is 167 Å². The van der Waals surface area contributed by atoms with Crippen molar-refractivity contribution in [3.8, 4) is 0 Å². The molecule has 0 radical (unpaired) electrons. The number of esters is 2. The van der Waals surface area contributed by atoms with Crippen LogP contribution in [0.3, 0.4) is 0 Å². The second kappa shape index (κ2) is 18.9. The van der Waals surface area contributed by atoms with Crippen molar-refractivity contribution in [2.45, 2.75) is 152 Å². The standard InChI is InChI=1S/C14H19F2NO4.C13H16F2O2.C11H14F2O2.C11H14O3.C9H10F2O/c1-2-21-11(18)6-13(7-17(19)20)9-4-3-8-5-10(13)12(9)14(8,15)16;1-2-17-11(16)6-9-8-4-3-7-5-10(9)12(8)13(7,14)15;12-10(13)6-1-2-7-9(10)8(5-6)11(7)14-3-4-15-11;12-10-6-1-2-7-9(10)8(5-6)11(7)13-3-4-14-11;10-9(11)4-1-2-5-7(9)6(3-4)8(5)12/h8-10,12H,2-7H2,1H3;6-8,10,12H,2-5H2,1H3;6-9H,1-5H2;6-9H,1-5H2;4-7H,1-3H2/t8-,9-,10+,12+,13+;7-,8+,10-,12+;2*6-,7-,8+,9+;4-,5-,6+,7+/m00000/s1. The van der Waals surface area contributed by atoms with E-state index in [1.165, 1.54) is 6.08 Å². The number of alkyl halides is 8. The lowest BCUT2D eigenvalue weighted by Crippen LogP contribution is -2.65. The van der Waals surface area contributed by atoms with Gasteiger partial charge in [-0.15, -0.1) is 0 Å². The number of carbonyl (C=O) groups excluding carboxylic acids is 4. The van der Waals surface area contributed by atoms with Gasteiger partial charge in [-0.25, -0.2) is 39.9 Å². The third-order valence-corrected chi connectivity index (χ3v) is 24.2. The fourth-order valence-electron chi connectivity index (χ4n) is 21.3. The van der Waals surface area contributed by atoms with Crippen LogP contribution in [-0.4, -0.2) is 110 Å². The van der Waals surface area contributed by atoms with Crippen molar-refractivity contribution in [3.63, 3.8) is 0 Å². The highest BCUT2D eigenvalue weighted by molar-refractivity contribution is 5.91. The summed E-state index contributed by atoms with van der Waals surface area (Å²) in [5.41, 5.74) is 0.00266. The molecule has 10 bridgehead atoms. The summed E-state index contributed by atoms with van der Waals surface area (Å²) in [6.45, 7) is 6.14. The second-order valence-electron chi connectivity index (χ2n) is 26.7. The molecular formula is C58H73F8NO12. The van der Waals surface area contributed by atoms with Crippen LogP contribution in [0.25, 0.3) is 0 Å². The minimum atomic E-state index is -2.72. The van der Waals surface area contributed by atoms with Crippen molar-refractivity contribution < 1.29 is 87.6 Å². The molecule has 2 saturated heterocycles. The van der Waals surface area contributed by atoms with Crippen molar-refractivity contribution in [2.24, 2.45) is 124 Å². The van der Waals surface area contributed by atoms with E-state index in [1.54, 1.807) is 13.8 Å². The molecule has 15 saturated carbocycles. The Balaban J connectivity index is 0.0000000946. The predicted octanol–water partition coefficient (Wildman–Crippen LogP) is 10.2. The van der Waals surface area contributed by atoms with Gasteiger partial charge < -0.3 is 28.4 Å². The minimum Gasteiger partial charge on any atom is -0.466 e. The summed E-state index contributed by atoms with van der Waals surface area (Å²) in [5.74, 6) is -15.8. The molecule has 2 spiro atoms. The van der Waals surface area contributed by atoms with E-state index >= 15 is 0 Å². The van der Waals surface area contributed by atoms with Crippen molar-refractivity contribution >= 4 is 23.5 Å². The van der Waals surface area contributed by atoms with Gasteiger partial charge >= 0.3 is 11.9 Å². The first-order valence-corrected chi connectivity index (χ1v) is 29.8. The second-order valence-corrected chi connectivity index (χ2v) is 26.7. The summed E-state index contributed by atoms with van der Waals surface area (Å²) in [7, 11) is 0. The molecular weight excluding hydrogens is 1050 g/mol. The summed E-state index contributed by atoms with van der Waals surface area (Å²) in [6.07, 6.45) is 11.7. The van der Waals surface area contributed by atoms with Crippen molar-refractivity contribution in [1.29, 1.82) is 0 Å². The Labute approximate surface area is 453 Å². The van der Waals surface area contributed by atoms with Gasteiger partial charge in [0.2, 0.25) is 6.54 Å². The lowest BCUT2D eigenvalue weighted by atomic mass is 9.44. The first kappa shape index (κ1) is 54.9. The molecule has 0 aromatic rings. The van der Waals surface area contributed by atoms with E-state index in [2.05, 4.69) is 0 Å². The molecule has 0 aromatic heterocycles. The van der Waals surface area contributed by atoms with E-state index in [9.17, 15) is 64.4 Å². The van der Waals surface area contributed by atoms with Crippen LogP contribution in [0.1, 0.15) is 117 Å². The summed E-state index contributed by atoms with van der Waals surface area (Å²) in [6, 6.07) is 0. The Morgan fingerprint density at radius 3 is 1.65 bits per heavy atom. The molecule has 21 atom stereocenters. The molecule has 13 nitrogen and oxygen atoms in total. The molecule has 79 heavy (non-hydrogen) atoms. The molecule has 0 amide bonds. The Kier molecular flexibility index (Phi) is 13.1. The number of ether oxygens (including phenoxy) is 6. The molecule has 21 heteroatoms. The maximum Gasteiger partial charge on any atom is 0.330 e. The van der Waals surface area contributed by atoms with Crippen molar-refractivity contribution in [1.82, 2.24) is 0 Å². The highest BCUT2D eigenvalue weighted by Crippen LogP contribution is 2.76. The number of Topliss-reactive ketones (excluding diaryl/α,β-unsaturated/α-hetero) is 2. The summed E-state index contributed by atoms with van der Waals surface area (Å²) in [5, 5.41) is 11.0. The molecule has 2 heterocycles. The number of hydrogen-bond donors (Lipinski definition) is 0. The van der Waals surface area contributed by atoms with Gasteiger partial charge in [-0.05, 0) is 134 Å². The molecule has 17 fully saturated rings. The highest BCUT2D eigenvalue weighted by Gasteiger charge is 2.81. The van der Waals surface area contributed by atoms with Crippen LogP contribution in [-0.2, 0) is 47.6 Å². The molecule has 0 N–H and O–H groups in total. The van der Waals surface area contributed by atoms with Crippen molar-refractivity contribution in [2.75, 3.05) is 46.2 Å². The number of nitrogens with zero attached hydrogens (tertiary/aromatic N) is 1. The first-order valence-electron chi connectivity index (χ1n) is 29.8. The quantitative estimate of drug-likeness (QED) is 0.0780. The van der Waals surface area contributed by atoms with Gasteiger partial charge in [-0.1, -0.05) is 5.57 Å². The molecule has 438 valence electrons. The van der Waals surface area contributed by atoms with E-state index < -0.39 is 112 Å². The van der Waals surface area contributed by atoms with E-state index in [0.29, 0.717) is 107 Å². The zero-order chi connectivity index (χ0) is 55.7. The van der Waals surface area contributed by atoms with Crippen LogP contribution in [0.15, 0.2) is 11.6 Å². The zero-order valence-electron chi connectivity index (χ0n) is 44.8. The number of halogens is 8. The summed E-state index contributed by atoms with van der Waals surface area (Å²) >= 11 is 0. The zero-order valence-corrected chi connectivity index (χ0v) is 44.8. The van der Waals surface area contributed by atoms with Crippen LogP contribution in [0.2, 0.25) is 0 Å². The van der Waals surface area contributed by atoms with Crippen LogP contribution < -0.4 is 0 Å². The van der Waals surface area contributed by atoms with Gasteiger partial charge in [0.05, 0.1) is 51.5 Å². The number of fused-ring (bicyclic) bond motifs is 9. The summed E-state index contributed by atoms with van der Waals surface area (Å²) in [4.78, 5) is 56.9. The highest BCUT2D eigenvalue weighted by atomic mass is 19.3. The third-order valence-electron chi connectivity index (χ3n) is 24.2. The molecule has 15 aliphatic carbocycles. The van der Waals surface area contributed by atoms with Gasteiger partial charge in [0.15, 0.2) is 11.6 Å². The van der Waals surface area contributed by atoms with Gasteiger partial charge in [-0.2, -0.15) is 0 Å². The monoisotopic (exact) mass is 1130 g/mol. The number of hydrogen-bond acceptors (Lipinski definition) is 12. The van der Waals surface area contributed by atoms with Crippen LogP contribution in [0, 0.1) is 134 Å². The van der Waals surface area contributed by atoms with E-state index in [1.807, 2.05) is 0 Å². The van der Waals surface area contributed by atoms with Gasteiger partial charge in [-0.3, -0.25) is 24.5 Å². The number of carbonyl (C=O) groups is 4. The predicted molar refractivity (Wildman–Crippen MR) is 258 cm³/mol. The lowest BCUT2D eigenvalue weighted by Gasteiger charge is -2.58. The lowest BCUT2D eigenvalue weighted by molar-refractivity contribution is -0.513. The molecule has 0 unspecified atom stereocenters. The Morgan fingerprint density at radius 1 is 0.544 bits per heavy atom. The van der Waals surface area contributed by atoms with Gasteiger partial charge in [0, 0.05) is 106 Å². The Morgan fingerprint density at radius 2 is 1.04 bits per heavy atom. The minimum absolute atomic E-state index is 0.0347. The molecule has 2 aliphatic heterocycles. The van der Waals surface area contributed by atoms with E-state index in [-0.39, 0.29) is 66.1 Å². The number of nitro groups is 1. The fraction of sp³-hybridized carbons (Fsp3) is 0.897. The Hall–Kier alpha value is -3.30. The van der Waals surface area contributed by atoms with Gasteiger partial charge in [0.25, 0.3) is 23.7 Å². The van der Waals surface area contributed by atoms with Crippen molar-refractivity contribution in [3.05, 3.63) is 21.8 Å². The van der Waals surface area contributed by atoms with Crippen LogP contribution >= 0.6 is 0 Å². The average molecular weight is 1130 g/mol. The third kappa shape index (κ3) is 7.61. The van der Waals surface area contributed by atoms with E-state index in [0.717, 1.165) is 57.3 Å². The first-order chi connectivity index (χ1) is 37.5. The van der Waals surface area contributed by atoms with E-state index in [4.69, 9.17) is 28.4 Å². The molecule has 17 rings (SSSR count). The maximum absolute atomic E-state index is 14.2. The summed E-state index contributed by atoms with van der Waals surface area (Å²) < 4.78 is 143. The van der Waals surface area contributed by atoms with Crippen LogP contribution in [0.5, 0.6) is 0 Å². The normalized spacial score (nSPS) is 48.1. The Bertz CT molecular complexity index is 2490. The maximum atomic E-state index is 14.2. The number of ketones is 2. The SMILES string of the molecule is CCOC(=O)C=C1[C@H]2CC[C@H]3C[C@@H]1[C@@H]2C3(F)F.CCOC(=O)C[C@]1(C[N+](=O)[O-])[C@@H]2C[C@@H]3CC[C@H]1[C@H]2C3(F)F.FC1(F)[C@H]2CC[C@H]3[C@@H]1[C@@H](C2)C31OCCO1.O=C1[C@H]2CC[C@H]3C[C@@H]1[C@@H]2C3(F)F.O=C1[C@H]2CC[C@H]3[C@@H]1[C@@H](C2)C31OCCO1. The number of rotatable bonds is 7. The smallest absolute Gasteiger partial charge is 0.330 e. The molecule has 17 aliphatic rings.